The molecule has 1 rings (SSSR count). The lowest BCUT2D eigenvalue weighted by Gasteiger charge is -2.43. The molecule has 82 valence electrons. The molecule has 1 aliphatic rings. The van der Waals surface area contributed by atoms with Crippen molar-refractivity contribution in [2.24, 2.45) is 0 Å². The number of rotatable bonds is 5. The zero-order valence-corrected chi connectivity index (χ0v) is 8.88. The number of carbonyl (C=O) groups is 1. The van der Waals surface area contributed by atoms with Crippen molar-refractivity contribution >= 4 is 5.97 Å². The third-order valence-corrected chi connectivity index (χ3v) is 2.87. The van der Waals surface area contributed by atoms with E-state index in [9.17, 15) is 9.90 Å². The average molecular weight is 201 g/mol. The predicted molar refractivity (Wildman–Crippen MR) is 52.9 cm³/mol. The third-order valence-electron chi connectivity index (χ3n) is 2.87. The molecule has 1 unspecified atom stereocenters. The first kappa shape index (κ1) is 11.5. The summed E-state index contributed by atoms with van der Waals surface area (Å²) >= 11 is 0. The van der Waals surface area contributed by atoms with Crippen LogP contribution in [0.3, 0.4) is 0 Å². The van der Waals surface area contributed by atoms with E-state index in [1.807, 2.05) is 6.92 Å². The maximum absolute atomic E-state index is 11.0. The van der Waals surface area contributed by atoms with E-state index in [1.54, 1.807) is 0 Å². The van der Waals surface area contributed by atoms with Gasteiger partial charge in [0.25, 0.3) is 0 Å². The van der Waals surface area contributed by atoms with Crippen molar-refractivity contribution in [1.29, 1.82) is 0 Å². The molecule has 4 nitrogen and oxygen atoms in total. The molecule has 0 spiro atoms. The van der Waals surface area contributed by atoms with Gasteiger partial charge < -0.3 is 15.2 Å². The van der Waals surface area contributed by atoms with Crippen molar-refractivity contribution in [3.05, 3.63) is 0 Å². The van der Waals surface area contributed by atoms with Gasteiger partial charge >= 0.3 is 5.97 Å². The Labute approximate surface area is 84.6 Å². The van der Waals surface area contributed by atoms with Gasteiger partial charge in [-0.2, -0.15) is 0 Å². The second kappa shape index (κ2) is 4.75. The smallest absolute Gasteiger partial charge is 0.307 e. The molecular weight excluding hydrogens is 182 g/mol. The Balaban J connectivity index is 2.31. The average Bonchev–Trinajstić information content (AvgIpc) is 2.11. The largest absolute Gasteiger partial charge is 0.469 e. The maximum atomic E-state index is 11.0. The normalized spacial score (nSPS) is 21.1. The molecule has 0 radical (unpaired) electrons. The van der Waals surface area contributed by atoms with Gasteiger partial charge in [0, 0.05) is 11.6 Å². The van der Waals surface area contributed by atoms with E-state index in [2.05, 4.69) is 10.1 Å². The molecule has 0 amide bonds. The van der Waals surface area contributed by atoms with Crippen LogP contribution in [0.25, 0.3) is 0 Å². The van der Waals surface area contributed by atoms with Crippen LogP contribution in [-0.4, -0.2) is 36.4 Å². The molecule has 1 atom stereocenters. The maximum Gasteiger partial charge on any atom is 0.307 e. The van der Waals surface area contributed by atoms with E-state index >= 15 is 0 Å². The highest BCUT2D eigenvalue weighted by atomic mass is 16.5. The molecule has 1 fully saturated rings. The minimum absolute atomic E-state index is 0.0647. The minimum Gasteiger partial charge on any atom is -0.469 e. The summed E-state index contributed by atoms with van der Waals surface area (Å²) in [5.74, 6) is -0.211. The van der Waals surface area contributed by atoms with Crippen LogP contribution in [0.4, 0.5) is 0 Å². The Kier molecular flexibility index (Phi) is 3.89. The van der Waals surface area contributed by atoms with Gasteiger partial charge in [-0.1, -0.05) is 0 Å². The Morgan fingerprint density at radius 1 is 1.64 bits per heavy atom. The molecule has 1 saturated carbocycles. The number of aliphatic hydroxyl groups excluding tert-OH is 1. The fourth-order valence-electron chi connectivity index (χ4n) is 1.86. The predicted octanol–water partition coefficient (Wildman–Crippen LogP) is 0.443. The van der Waals surface area contributed by atoms with Crippen LogP contribution in [0, 0.1) is 0 Å². The lowest BCUT2D eigenvalue weighted by atomic mass is 9.77. The van der Waals surface area contributed by atoms with E-state index < -0.39 is 0 Å². The number of hydrogen-bond acceptors (Lipinski definition) is 4. The summed E-state index contributed by atoms with van der Waals surface area (Å²) in [5.41, 5.74) is -0.132. The quantitative estimate of drug-likeness (QED) is 0.634. The Morgan fingerprint density at radius 3 is 2.64 bits per heavy atom. The molecular formula is C10H19NO3. The van der Waals surface area contributed by atoms with E-state index in [0.717, 1.165) is 19.3 Å². The van der Waals surface area contributed by atoms with Crippen molar-refractivity contribution in [3.63, 3.8) is 0 Å². The fraction of sp³-hybridized carbons (Fsp3) is 0.900. The SMILES string of the molecule is COC(=O)CC(C)NC1(CO)CCC1. The van der Waals surface area contributed by atoms with Crippen LogP contribution in [0.5, 0.6) is 0 Å². The van der Waals surface area contributed by atoms with E-state index in [4.69, 9.17) is 0 Å². The van der Waals surface area contributed by atoms with Crippen LogP contribution in [0.2, 0.25) is 0 Å². The standard InChI is InChI=1S/C10H19NO3/c1-8(6-9(13)14-2)11-10(7-12)4-3-5-10/h8,11-12H,3-7H2,1-2H3. The summed E-state index contributed by atoms with van der Waals surface area (Å²) in [6.07, 6.45) is 3.50. The first-order valence-electron chi connectivity index (χ1n) is 5.07. The van der Waals surface area contributed by atoms with Crippen LogP contribution in [0.1, 0.15) is 32.6 Å². The summed E-state index contributed by atoms with van der Waals surface area (Å²) in [5, 5.41) is 12.5. The molecule has 4 heteroatoms. The third kappa shape index (κ3) is 2.69. The highest BCUT2D eigenvalue weighted by Gasteiger charge is 2.37. The summed E-state index contributed by atoms with van der Waals surface area (Å²) < 4.78 is 4.58. The Morgan fingerprint density at radius 2 is 2.29 bits per heavy atom. The topological polar surface area (TPSA) is 58.6 Å². The highest BCUT2D eigenvalue weighted by Crippen LogP contribution is 2.31. The molecule has 0 bridgehead atoms. The van der Waals surface area contributed by atoms with E-state index in [1.165, 1.54) is 7.11 Å². The summed E-state index contributed by atoms with van der Waals surface area (Å²) in [6.45, 7) is 2.09. The number of hydrogen-bond donors (Lipinski definition) is 2. The molecule has 0 heterocycles. The van der Waals surface area contributed by atoms with Gasteiger partial charge in [-0.3, -0.25) is 4.79 Å². The van der Waals surface area contributed by atoms with Crippen molar-refractivity contribution in [2.75, 3.05) is 13.7 Å². The molecule has 1 aliphatic carbocycles. The first-order valence-corrected chi connectivity index (χ1v) is 5.07. The van der Waals surface area contributed by atoms with Crippen LogP contribution in [0.15, 0.2) is 0 Å². The summed E-state index contributed by atoms with van der Waals surface area (Å²) in [7, 11) is 1.39. The molecule has 2 N–H and O–H groups in total. The van der Waals surface area contributed by atoms with E-state index in [-0.39, 0.29) is 24.2 Å². The zero-order valence-electron chi connectivity index (χ0n) is 8.88. The molecule has 0 aromatic carbocycles. The number of aliphatic hydroxyl groups is 1. The molecule has 0 aliphatic heterocycles. The second-order valence-corrected chi connectivity index (χ2v) is 4.12. The molecule has 0 saturated heterocycles. The highest BCUT2D eigenvalue weighted by molar-refractivity contribution is 5.69. The van der Waals surface area contributed by atoms with Gasteiger partial charge in [0.2, 0.25) is 0 Å². The number of methoxy groups -OCH3 is 1. The minimum atomic E-state index is -0.211. The molecule has 0 aromatic rings. The molecule has 14 heavy (non-hydrogen) atoms. The first-order chi connectivity index (χ1) is 6.62. The van der Waals surface area contributed by atoms with Crippen molar-refractivity contribution in [3.8, 4) is 0 Å². The van der Waals surface area contributed by atoms with Gasteiger partial charge in [0.15, 0.2) is 0 Å². The summed E-state index contributed by atoms with van der Waals surface area (Å²) in [4.78, 5) is 11.0. The number of carbonyl (C=O) groups excluding carboxylic acids is 1. The van der Waals surface area contributed by atoms with Crippen molar-refractivity contribution < 1.29 is 14.6 Å². The Hall–Kier alpha value is -0.610. The summed E-state index contributed by atoms with van der Waals surface area (Å²) in [6, 6.07) is 0.0647. The monoisotopic (exact) mass is 201 g/mol. The molecule has 0 aromatic heterocycles. The number of ether oxygens (including phenoxy) is 1. The fourth-order valence-corrected chi connectivity index (χ4v) is 1.86. The van der Waals surface area contributed by atoms with Crippen LogP contribution >= 0.6 is 0 Å². The van der Waals surface area contributed by atoms with Gasteiger partial charge in [-0.25, -0.2) is 0 Å². The number of nitrogens with one attached hydrogen (secondary N) is 1. The van der Waals surface area contributed by atoms with Crippen LogP contribution < -0.4 is 5.32 Å². The van der Waals surface area contributed by atoms with Crippen LogP contribution in [-0.2, 0) is 9.53 Å². The van der Waals surface area contributed by atoms with Gasteiger partial charge in [0.05, 0.1) is 20.1 Å². The lowest BCUT2D eigenvalue weighted by Crippen LogP contribution is -2.57. The number of esters is 1. The van der Waals surface area contributed by atoms with E-state index in [0.29, 0.717) is 6.42 Å². The zero-order chi connectivity index (χ0) is 10.6. The van der Waals surface area contributed by atoms with Gasteiger partial charge in [0.1, 0.15) is 0 Å². The van der Waals surface area contributed by atoms with Gasteiger partial charge in [-0.15, -0.1) is 0 Å². The second-order valence-electron chi connectivity index (χ2n) is 4.12. The van der Waals surface area contributed by atoms with Crippen molar-refractivity contribution in [2.45, 2.75) is 44.2 Å². The lowest BCUT2D eigenvalue weighted by molar-refractivity contribution is -0.141. The van der Waals surface area contributed by atoms with Gasteiger partial charge in [-0.05, 0) is 26.2 Å². The Bertz CT molecular complexity index is 196. The van der Waals surface area contributed by atoms with Crippen molar-refractivity contribution in [1.82, 2.24) is 5.32 Å².